The molecular weight excluding hydrogens is 342 g/mol. The van der Waals surface area contributed by atoms with Crippen LogP contribution in [0.25, 0.3) is 22.5 Å². The maximum absolute atomic E-state index is 12.3. The van der Waals surface area contributed by atoms with Crippen molar-refractivity contribution in [2.45, 2.75) is 12.8 Å². The average molecular weight is 357 g/mol. The zero-order valence-electron chi connectivity index (χ0n) is 14.5. The number of aromatic nitrogens is 3. The zero-order chi connectivity index (χ0) is 18.8. The molecule has 2 heterocycles. The quantitative estimate of drug-likeness (QED) is 0.726. The van der Waals surface area contributed by atoms with E-state index in [4.69, 9.17) is 0 Å². The van der Waals surface area contributed by atoms with Gasteiger partial charge in [0.05, 0.1) is 0 Å². The van der Waals surface area contributed by atoms with Crippen molar-refractivity contribution in [1.82, 2.24) is 20.5 Å². The molecule has 7 nitrogen and oxygen atoms in total. The molecule has 1 aliphatic rings. The summed E-state index contributed by atoms with van der Waals surface area (Å²) < 4.78 is 0. The van der Waals surface area contributed by atoms with Gasteiger partial charge in [0.15, 0.2) is 11.7 Å². The number of nitrogens with one attached hydrogen (secondary N) is 1. The normalized spacial score (nSPS) is 16.6. The van der Waals surface area contributed by atoms with Crippen LogP contribution in [-0.4, -0.2) is 32.8 Å². The van der Waals surface area contributed by atoms with Crippen LogP contribution in [0.3, 0.4) is 0 Å². The molecule has 0 saturated carbocycles. The molecule has 1 aliphatic heterocycles. The summed E-state index contributed by atoms with van der Waals surface area (Å²) in [5.74, 6) is -2.00. The summed E-state index contributed by atoms with van der Waals surface area (Å²) in [4.78, 5) is 32.9. The van der Waals surface area contributed by atoms with E-state index in [1.807, 2.05) is 60.7 Å². The fourth-order valence-electron chi connectivity index (χ4n) is 2.90. The third-order valence-corrected chi connectivity index (χ3v) is 4.15. The summed E-state index contributed by atoms with van der Waals surface area (Å²) in [7, 11) is 0. The van der Waals surface area contributed by atoms with Crippen LogP contribution < -0.4 is 5.32 Å². The van der Waals surface area contributed by atoms with E-state index in [0.29, 0.717) is 11.4 Å². The third kappa shape index (κ3) is 3.22. The van der Waals surface area contributed by atoms with E-state index in [2.05, 4.69) is 25.5 Å². The van der Waals surface area contributed by atoms with E-state index >= 15 is 0 Å². The van der Waals surface area contributed by atoms with E-state index < -0.39 is 17.7 Å². The number of carbonyl (C=O) groups excluding carboxylic acids is 2. The van der Waals surface area contributed by atoms with Crippen LogP contribution in [0.5, 0.6) is 0 Å². The van der Waals surface area contributed by atoms with E-state index in [-0.39, 0.29) is 11.7 Å². The molecule has 132 valence electrons. The molecular formula is C20H15N5O2. The second-order valence-corrected chi connectivity index (χ2v) is 6.06. The molecule has 0 saturated heterocycles. The first-order valence-corrected chi connectivity index (χ1v) is 8.39. The number of hydrogen-bond donors (Lipinski definition) is 1. The molecule has 27 heavy (non-hydrogen) atoms. The highest BCUT2D eigenvalue weighted by atomic mass is 16.2. The Morgan fingerprint density at radius 3 is 2.00 bits per heavy atom. The smallest absolute Gasteiger partial charge is 0.267 e. The highest BCUT2D eigenvalue weighted by Crippen LogP contribution is 2.29. The first kappa shape index (κ1) is 16.7. The number of benzene rings is 2. The van der Waals surface area contributed by atoms with E-state index in [9.17, 15) is 9.59 Å². The largest absolute Gasteiger partial charge is 0.313 e. The molecule has 0 bridgehead atoms. The van der Waals surface area contributed by atoms with Crippen molar-refractivity contribution < 1.29 is 9.59 Å². The predicted octanol–water partition coefficient (Wildman–Crippen LogP) is 2.36. The van der Waals surface area contributed by atoms with Crippen molar-refractivity contribution in [2.24, 2.45) is 4.99 Å². The molecule has 1 aromatic heterocycles. The summed E-state index contributed by atoms with van der Waals surface area (Å²) in [6.45, 7) is 1.55. The fourth-order valence-corrected chi connectivity index (χ4v) is 2.90. The van der Waals surface area contributed by atoms with Gasteiger partial charge in [0.25, 0.3) is 5.91 Å². The Balaban J connectivity index is 1.87. The van der Waals surface area contributed by atoms with Crippen molar-refractivity contribution in [3.05, 3.63) is 66.5 Å². The zero-order valence-corrected chi connectivity index (χ0v) is 14.5. The Hall–Kier alpha value is -3.74. The molecule has 4 rings (SSSR count). The maximum Gasteiger partial charge on any atom is 0.267 e. The number of amidine groups is 1. The first-order valence-electron chi connectivity index (χ1n) is 8.39. The Morgan fingerprint density at radius 1 is 0.815 bits per heavy atom. The monoisotopic (exact) mass is 357 g/mol. The van der Waals surface area contributed by atoms with Gasteiger partial charge in [0.1, 0.15) is 17.2 Å². The summed E-state index contributed by atoms with van der Waals surface area (Å²) in [6.07, 6.45) is 0. The molecule has 0 fully saturated rings. The topological polar surface area (TPSA) is 97.2 Å². The first-order chi connectivity index (χ1) is 13.1. The van der Waals surface area contributed by atoms with Crippen LogP contribution in [0.4, 0.5) is 0 Å². The molecule has 1 atom stereocenters. The number of hydrogen-bond acceptors (Lipinski definition) is 5. The van der Waals surface area contributed by atoms with Gasteiger partial charge in [0.2, 0.25) is 5.91 Å². The lowest BCUT2D eigenvalue weighted by atomic mass is 10.0. The average Bonchev–Trinajstić information content (AvgIpc) is 2.68. The predicted molar refractivity (Wildman–Crippen MR) is 99.7 cm³/mol. The fraction of sp³-hybridized carbons (Fsp3) is 0.100. The molecule has 2 amide bonds. The standard InChI is InChI=1S/C20H15N5O2/c1-12-21-19(26)15(20(27)22-12)18-23-16(13-8-4-2-5-9-13)17(24-25-18)14-10-6-3-7-11-14/h2-11,15H,1H3,(H,21,22,26,27). The Morgan fingerprint density at radius 2 is 1.41 bits per heavy atom. The minimum absolute atomic E-state index is 0.0345. The van der Waals surface area contributed by atoms with Crippen LogP contribution in [-0.2, 0) is 9.59 Å². The molecule has 0 aliphatic carbocycles. The van der Waals surface area contributed by atoms with Crippen LogP contribution in [0.15, 0.2) is 65.7 Å². The molecule has 3 aromatic rings. The maximum atomic E-state index is 12.3. The summed E-state index contributed by atoms with van der Waals surface area (Å²) >= 11 is 0. The van der Waals surface area contributed by atoms with Gasteiger partial charge in [-0.3, -0.25) is 9.59 Å². The van der Waals surface area contributed by atoms with Crippen molar-refractivity contribution in [3.8, 4) is 22.5 Å². The van der Waals surface area contributed by atoms with Gasteiger partial charge in [-0.2, -0.15) is 4.99 Å². The molecule has 2 aromatic carbocycles. The van der Waals surface area contributed by atoms with Gasteiger partial charge < -0.3 is 5.32 Å². The number of nitrogens with zero attached hydrogens (tertiary/aromatic N) is 4. The molecule has 0 spiro atoms. The van der Waals surface area contributed by atoms with Crippen LogP contribution in [0, 0.1) is 0 Å². The molecule has 7 heteroatoms. The summed E-state index contributed by atoms with van der Waals surface area (Å²) in [5, 5.41) is 10.9. The van der Waals surface area contributed by atoms with Crippen LogP contribution in [0.2, 0.25) is 0 Å². The van der Waals surface area contributed by atoms with Crippen LogP contribution >= 0.6 is 0 Å². The Bertz CT molecular complexity index is 1050. The second-order valence-electron chi connectivity index (χ2n) is 6.06. The van der Waals surface area contributed by atoms with Gasteiger partial charge in [0, 0.05) is 11.1 Å². The number of aliphatic imine (C=N–C) groups is 1. The van der Waals surface area contributed by atoms with Crippen molar-refractivity contribution in [2.75, 3.05) is 0 Å². The van der Waals surface area contributed by atoms with E-state index in [1.54, 1.807) is 6.92 Å². The van der Waals surface area contributed by atoms with Gasteiger partial charge >= 0.3 is 0 Å². The minimum atomic E-state index is -1.20. The lowest BCUT2D eigenvalue weighted by molar-refractivity contribution is -0.130. The number of carbonyl (C=O) groups is 2. The van der Waals surface area contributed by atoms with Crippen molar-refractivity contribution in [1.29, 1.82) is 0 Å². The summed E-state index contributed by atoms with van der Waals surface area (Å²) in [5.41, 5.74) is 2.79. The van der Waals surface area contributed by atoms with E-state index in [1.165, 1.54) is 0 Å². The highest BCUT2D eigenvalue weighted by Gasteiger charge is 2.35. The Kier molecular flexibility index (Phi) is 4.25. The van der Waals surface area contributed by atoms with Crippen molar-refractivity contribution >= 4 is 17.6 Å². The van der Waals surface area contributed by atoms with E-state index in [0.717, 1.165) is 11.1 Å². The highest BCUT2D eigenvalue weighted by molar-refractivity contribution is 6.18. The van der Waals surface area contributed by atoms with Gasteiger partial charge in [-0.15, -0.1) is 10.2 Å². The molecule has 0 radical (unpaired) electrons. The SMILES string of the molecule is CC1=NC(=O)C(c2nnc(-c3ccccc3)c(-c3ccccc3)n2)C(=O)N1. The minimum Gasteiger partial charge on any atom is -0.313 e. The van der Waals surface area contributed by atoms with Gasteiger partial charge in [-0.05, 0) is 6.92 Å². The number of amides is 2. The lowest BCUT2D eigenvalue weighted by Gasteiger charge is -2.18. The molecule has 1 unspecified atom stereocenters. The Labute approximate surface area is 155 Å². The summed E-state index contributed by atoms with van der Waals surface area (Å²) in [6, 6.07) is 19.0. The number of rotatable bonds is 3. The van der Waals surface area contributed by atoms with Crippen molar-refractivity contribution in [3.63, 3.8) is 0 Å². The lowest BCUT2D eigenvalue weighted by Crippen LogP contribution is -2.42. The third-order valence-electron chi connectivity index (χ3n) is 4.15. The van der Waals surface area contributed by atoms with Gasteiger partial charge in [-0.1, -0.05) is 60.7 Å². The van der Waals surface area contributed by atoms with Crippen LogP contribution in [0.1, 0.15) is 18.7 Å². The second kappa shape index (κ2) is 6.87. The van der Waals surface area contributed by atoms with Gasteiger partial charge in [-0.25, -0.2) is 4.98 Å². The molecule has 1 N–H and O–H groups in total.